The Hall–Kier alpha value is -5.72. The summed E-state index contributed by atoms with van der Waals surface area (Å²) in [5, 5.41) is 2.93. The number of anilines is 1. The van der Waals surface area contributed by atoms with Gasteiger partial charge in [0.1, 0.15) is 11.6 Å². The third-order valence-electron chi connectivity index (χ3n) is 6.69. The Bertz CT molecular complexity index is 2020. The highest BCUT2D eigenvalue weighted by molar-refractivity contribution is 5.89. The first-order valence-electron chi connectivity index (χ1n) is 14.4. The third kappa shape index (κ3) is 6.67. The van der Waals surface area contributed by atoms with Crippen molar-refractivity contribution in [1.29, 1.82) is 0 Å². The second kappa shape index (κ2) is 13.5. The van der Waals surface area contributed by atoms with Crippen molar-refractivity contribution in [3.8, 4) is 34.4 Å². The number of rotatable bonds is 10. The molecule has 0 fully saturated rings. The second-order valence-corrected chi connectivity index (χ2v) is 10.1. The molecule has 0 atom stereocenters. The van der Waals surface area contributed by atoms with Crippen LogP contribution in [-0.4, -0.2) is 33.4 Å². The zero-order chi connectivity index (χ0) is 33.0. The topological polar surface area (TPSA) is 123 Å². The Balaban J connectivity index is 1.38. The summed E-state index contributed by atoms with van der Waals surface area (Å²) in [6, 6.07) is 13.0. The summed E-state index contributed by atoms with van der Waals surface area (Å²) in [5.74, 6) is -0.647. The van der Waals surface area contributed by atoms with Crippen LogP contribution in [0.25, 0.3) is 16.6 Å². The number of amides is 1. The van der Waals surface area contributed by atoms with E-state index in [2.05, 4.69) is 10.3 Å². The summed E-state index contributed by atoms with van der Waals surface area (Å²) in [7, 11) is 0. The number of pyridine rings is 1. The molecule has 2 heterocycles. The molecule has 0 spiro atoms. The van der Waals surface area contributed by atoms with E-state index in [0.717, 1.165) is 29.0 Å². The number of ether oxygens (including phenoxy) is 4. The fourth-order valence-corrected chi connectivity index (χ4v) is 4.58. The predicted octanol–water partition coefficient (Wildman–Crippen LogP) is 6.61. The van der Waals surface area contributed by atoms with Gasteiger partial charge in [-0.2, -0.15) is 0 Å². The Morgan fingerprint density at radius 3 is 2.22 bits per heavy atom. The van der Waals surface area contributed by atoms with Gasteiger partial charge in [-0.15, -0.1) is 0 Å². The molecular formula is C33H30F2N4O7. The van der Waals surface area contributed by atoms with Gasteiger partial charge >= 0.3 is 17.3 Å². The second-order valence-electron chi connectivity index (χ2n) is 10.1. The number of halogens is 2. The minimum atomic E-state index is -1.11. The number of benzene rings is 3. The summed E-state index contributed by atoms with van der Waals surface area (Å²) < 4.78 is 53.1. The lowest BCUT2D eigenvalue weighted by molar-refractivity contribution is 0.213. The van der Waals surface area contributed by atoms with Crippen LogP contribution in [0.2, 0.25) is 0 Å². The molecule has 238 valence electrons. The van der Waals surface area contributed by atoms with Crippen LogP contribution in [0.5, 0.6) is 28.7 Å². The number of hydrogen-bond donors (Lipinski definition) is 1. The van der Waals surface area contributed by atoms with Crippen LogP contribution in [0.15, 0.2) is 82.6 Å². The van der Waals surface area contributed by atoms with Crippen LogP contribution in [-0.2, 0) is 0 Å². The zero-order valence-electron chi connectivity index (χ0n) is 25.4. The van der Waals surface area contributed by atoms with E-state index >= 15 is 4.39 Å². The Kier molecular flexibility index (Phi) is 9.31. The van der Waals surface area contributed by atoms with Crippen molar-refractivity contribution in [2.45, 2.75) is 33.7 Å². The summed E-state index contributed by atoms with van der Waals surface area (Å²) >= 11 is 0. The Morgan fingerprint density at radius 2 is 1.57 bits per heavy atom. The van der Waals surface area contributed by atoms with Gasteiger partial charge < -0.3 is 18.9 Å². The SMILES string of the molecule is CCOc1cc2nccc(Oc3ccc(NC(=O)Oc4cn(C(C)C)c(=O)n(-c5ccc(F)cc5)c4=O)cc3F)c2cc1OCC. The monoisotopic (exact) mass is 632 g/mol. The molecule has 2 aromatic heterocycles. The number of nitrogens with zero attached hydrogens (tertiary/aromatic N) is 3. The number of nitrogens with one attached hydrogen (secondary N) is 1. The maximum Gasteiger partial charge on any atom is 0.417 e. The van der Waals surface area contributed by atoms with E-state index in [1.54, 1.807) is 32.0 Å². The maximum atomic E-state index is 15.2. The molecule has 46 heavy (non-hydrogen) atoms. The van der Waals surface area contributed by atoms with Crippen LogP contribution < -0.4 is 35.5 Å². The molecule has 13 heteroatoms. The first-order chi connectivity index (χ1) is 22.1. The number of hydrogen-bond acceptors (Lipinski definition) is 8. The molecule has 1 N–H and O–H groups in total. The molecule has 5 rings (SSSR count). The molecule has 5 aromatic rings. The number of carbonyl (C=O) groups is 1. The number of aromatic nitrogens is 3. The molecule has 11 nitrogen and oxygen atoms in total. The van der Waals surface area contributed by atoms with Crippen molar-refractivity contribution in [2.24, 2.45) is 0 Å². The first-order valence-corrected chi connectivity index (χ1v) is 14.4. The minimum absolute atomic E-state index is 0.00506. The molecule has 1 amide bonds. The zero-order valence-corrected chi connectivity index (χ0v) is 25.4. The van der Waals surface area contributed by atoms with E-state index < -0.39 is 40.8 Å². The molecule has 0 bridgehead atoms. The van der Waals surface area contributed by atoms with E-state index in [1.807, 2.05) is 13.8 Å². The quantitative estimate of drug-likeness (QED) is 0.183. The summed E-state index contributed by atoms with van der Waals surface area (Å²) in [5.41, 5.74) is -1.01. The highest BCUT2D eigenvalue weighted by Gasteiger charge is 2.19. The molecule has 0 radical (unpaired) electrons. The van der Waals surface area contributed by atoms with Gasteiger partial charge in [0, 0.05) is 35.4 Å². The largest absolute Gasteiger partial charge is 0.490 e. The summed E-state index contributed by atoms with van der Waals surface area (Å²) in [4.78, 5) is 43.3. The van der Waals surface area contributed by atoms with Crippen LogP contribution in [0.1, 0.15) is 33.7 Å². The number of fused-ring (bicyclic) bond motifs is 1. The van der Waals surface area contributed by atoms with Crippen LogP contribution in [0, 0.1) is 11.6 Å². The van der Waals surface area contributed by atoms with Crippen LogP contribution in [0.3, 0.4) is 0 Å². The molecule has 0 aliphatic carbocycles. The van der Waals surface area contributed by atoms with Gasteiger partial charge in [-0.3, -0.25) is 19.7 Å². The van der Waals surface area contributed by atoms with Crippen LogP contribution in [0.4, 0.5) is 19.3 Å². The molecule has 3 aromatic carbocycles. The average Bonchev–Trinajstić information content (AvgIpc) is 3.01. The van der Waals surface area contributed by atoms with E-state index in [0.29, 0.717) is 41.4 Å². The minimum Gasteiger partial charge on any atom is -0.490 e. The number of carbonyl (C=O) groups excluding carboxylic acids is 1. The fraction of sp³-hybridized carbons (Fsp3) is 0.212. The Labute approximate surface area is 261 Å². The smallest absolute Gasteiger partial charge is 0.417 e. The maximum absolute atomic E-state index is 15.2. The molecule has 0 unspecified atom stereocenters. The first kappa shape index (κ1) is 31.7. The third-order valence-corrected chi connectivity index (χ3v) is 6.69. The molecular weight excluding hydrogens is 602 g/mol. The lowest BCUT2D eigenvalue weighted by Gasteiger charge is -2.16. The fourth-order valence-electron chi connectivity index (χ4n) is 4.58. The molecule has 0 aliphatic rings. The van der Waals surface area contributed by atoms with Gasteiger partial charge in [-0.05, 0) is 76.2 Å². The van der Waals surface area contributed by atoms with Gasteiger partial charge in [0.05, 0.1) is 30.6 Å². The van der Waals surface area contributed by atoms with Crippen molar-refractivity contribution in [2.75, 3.05) is 18.5 Å². The van der Waals surface area contributed by atoms with E-state index in [-0.39, 0.29) is 17.1 Å². The lowest BCUT2D eigenvalue weighted by atomic mass is 10.1. The molecule has 0 saturated carbocycles. The van der Waals surface area contributed by atoms with Crippen molar-refractivity contribution in [3.05, 3.63) is 106 Å². The lowest BCUT2D eigenvalue weighted by Crippen LogP contribution is -2.40. The van der Waals surface area contributed by atoms with Crippen molar-refractivity contribution in [3.63, 3.8) is 0 Å². The van der Waals surface area contributed by atoms with Crippen molar-refractivity contribution >= 4 is 22.7 Å². The van der Waals surface area contributed by atoms with Gasteiger partial charge in [0.25, 0.3) is 0 Å². The average molecular weight is 633 g/mol. The summed E-state index contributed by atoms with van der Waals surface area (Å²) in [6.07, 6.45) is 1.52. The highest BCUT2D eigenvalue weighted by atomic mass is 19.1. The summed E-state index contributed by atoms with van der Waals surface area (Å²) in [6.45, 7) is 7.92. The van der Waals surface area contributed by atoms with Crippen molar-refractivity contribution < 1.29 is 32.5 Å². The van der Waals surface area contributed by atoms with E-state index in [9.17, 15) is 18.8 Å². The Morgan fingerprint density at radius 1 is 0.870 bits per heavy atom. The molecule has 0 aliphatic heterocycles. The van der Waals surface area contributed by atoms with Gasteiger partial charge in [-0.1, -0.05) is 0 Å². The van der Waals surface area contributed by atoms with Crippen LogP contribution >= 0.6 is 0 Å². The van der Waals surface area contributed by atoms with E-state index in [1.165, 1.54) is 35.0 Å². The highest BCUT2D eigenvalue weighted by Crippen LogP contribution is 2.38. The van der Waals surface area contributed by atoms with Gasteiger partial charge in [-0.25, -0.2) is 22.9 Å². The van der Waals surface area contributed by atoms with Crippen molar-refractivity contribution in [1.82, 2.24) is 14.1 Å². The molecule has 0 saturated heterocycles. The normalized spacial score (nSPS) is 11.0. The van der Waals surface area contributed by atoms with E-state index in [4.69, 9.17) is 18.9 Å². The standard InChI is InChI=1S/C33H30F2N4O7/c1-5-43-28-16-23-25(17-29(28)44-6-2)36-14-13-26(23)45-27-12-9-21(15-24(27)35)37-32(41)46-30-18-38(19(3)4)33(42)39(31(30)40)22-10-7-20(34)8-11-22/h7-19H,5-6H2,1-4H3,(H,37,41). The van der Waals surface area contributed by atoms with Gasteiger partial charge in [0.2, 0.25) is 5.75 Å². The predicted molar refractivity (Wildman–Crippen MR) is 167 cm³/mol. The van der Waals surface area contributed by atoms with Gasteiger partial charge in [0.15, 0.2) is 23.1 Å².